The number of hydrogen-bond donors (Lipinski definition) is 2. The number of thiocarbonyl (C=S) groups is 1. The van der Waals surface area contributed by atoms with E-state index in [4.69, 9.17) is 27.8 Å². The van der Waals surface area contributed by atoms with Crippen molar-refractivity contribution in [1.29, 1.82) is 0 Å². The number of para-hydroxylation sites is 1. The first-order chi connectivity index (χ1) is 10.9. The van der Waals surface area contributed by atoms with E-state index in [1.165, 1.54) is 6.08 Å². The first-order valence-electron chi connectivity index (χ1n) is 6.36. The number of carboxylic acid groups (broad SMARTS) is 1. The lowest BCUT2D eigenvalue weighted by Gasteiger charge is -2.10. The van der Waals surface area contributed by atoms with Gasteiger partial charge in [0.05, 0.1) is 4.91 Å². The average Bonchev–Trinajstić information content (AvgIpc) is 2.73. The first kappa shape index (κ1) is 17.0. The van der Waals surface area contributed by atoms with Gasteiger partial charge >= 0.3 is 5.97 Å². The molecule has 1 heterocycles. The zero-order valence-electron chi connectivity index (χ0n) is 11.7. The van der Waals surface area contributed by atoms with E-state index in [0.717, 1.165) is 16.7 Å². The predicted molar refractivity (Wildman–Crippen MR) is 88.6 cm³/mol. The van der Waals surface area contributed by atoms with Crippen LogP contribution in [0.15, 0.2) is 29.2 Å². The molecule has 1 aromatic rings. The monoisotopic (exact) mass is 352 g/mol. The third kappa shape index (κ3) is 4.30. The number of hydrogen-bond acceptors (Lipinski definition) is 6. The van der Waals surface area contributed by atoms with Crippen LogP contribution in [-0.4, -0.2) is 45.3 Å². The van der Waals surface area contributed by atoms with E-state index < -0.39 is 24.3 Å². The van der Waals surface area contributed by atoms with Gasteiger partial charge in [-0.2, -0.15) is 0 Å². The summed E-state index contributed by atoms with van der Waals surface area (Å²) in [4.78, 5) is 35.1. The van der Waals surface area contributed by atoms with Crippen molar-refractivity contribution in [3.8, 4) is 5.75 Å². The zero-order valence-corrected chi connectivity index (χ0v) is 13.4. The van der Waals surface area contributed by atoms with Crippen LogP contribution in [0.3, 0.4) is 0 Å². The van der Waals surface area contributed by atoms with Crippen molar-refractivity contribution in [2.45, 2.75) is 0 Å². The fourth-order valence-corrected chi connectivity index (χ4v) is 3.04. The quantitative estimate of drug-likeness (QED) is 0.576. The van der Waals surface area contributed by atoms with E-state index in [-0.39, 0.29) is 15.8 Å². The molecule has 1 aliphatic heterocycles. The van der Waals surface area contributed by atoms with Gasteiger partial charge in [0, 0.05) is 5.56 Å². The largest absolute Gasteiger partial charge is 0.483 e. The second kappa shape index (κ2) is 7.25. The van der Waals surface area contributed by atoms with Gasteiger partial charge in [-0.15, -0.1) is 0 Å². The van der Waals surface area contributed by atoms with E-state index in [1.807, 2.05) is 0 Å². The Morgan fingerprint density at radius 3 is 2.74 bits per heavy atom. The van der Waals surface area contributed by atoms with Crippen LogP contribution in [0.5, 0.6) is 5.75 Å². The molecule has 2 amide bonds. The van der Waals surface area contributed by atoms with Crippen LogP contribution in [0.2, 0.25) is 0 Å². The fourth-order valence-electron chi connectivity index (χ4n) is 1.79. The maximum absolute atomic E-state index is 12.2. The molecule has 0 atom stereocenters. The van der Waals surface area contributed by atoms with E-state index in [1.54, 1.807) is 24.3 Å². The minimum atomic E-state index is -1.15. The normalized spacial score (nSPS) is 16.0. The predicted octanol–water partition coefficient (Wildman–Crippen LogP) is 0.836. The lowest BCUT2D eigenvalue weighted by molar-refractivity contribution is -0.140. The van der Waals surface area contributed by atoms with Crippen LogP contribution in [0.4, 0.5) is 0 Å². The Hall–Kier alpha value is -2.39. The van der Waals surface area contributed by atoms with Gasteiger partial charge in [-0.3, -0.25) is 19.3 Å². The number of rotatable bonds is 6. The number of carbonyl (C=O) groups is 3. The van der Waals surface area contributed by atoms with Gasteiger partial charge in [0.1, 0.15) is 16.6 Å². The minimum Gasteiger partial charge on any atom is -0.483 e. The molecule has 0 saturated carbocycles. The average molecular weight is 352 g/mol. The van der Waals surface area contributed by atoms with Gasteiger partial charge < -0.3 is 15.6 Å². The Labute approximate surface area is 141 Å². The van der Waals surface area contributed by atoms with Crippen LogP contribution in [-0.2, 0) is 14.4 Å². The molecule has 0 aromatic heterocycles. The highest BCUT2D eigenvalue weighted by atomic mass is 32.2. The number of nitrogens with zero attached hydrogens (tertiary/aromatic N) is 1. The second-order valence-corrected chi connectivity index (χ2v) is 6.13. The Morgan fingerprint density at radius 2 is 2.09 bits per heavy atom. The van der Waals surface area contributed by atoms with E-state index in [2.05, 4.69) is 0 Å². The molecule has 2 rings (SSSR count). The highest BCUT2D eigenvalue weighted by Crippen LogP contribution is 2.34. The fraction of sp³-hybridized carbons (Fsp3) is 0.143. The smallest absolute Gasteiger partial charge is 0.323 e. The molecular formula is C14H12N2O5S2. The Morgan fingerprint density at radius 1 is 1.39 bits per heavy atom. The van der Waals surface area contributed by atoms with E-state index in [0.29, 0.717) is 11.3 Å². The van der Waals surface area contributed by atoms with Crippen LogP contribution < -0.4 is 10.5 Å². The third-order valence-electron chi connectivity index (χ3n) is 2.74. The van der Waals surface area contributed by atoms with Crippen molar-refractivity contribution in [2.75, 3.05) is 13.2 Å². The molecule has 0 radical (unpaired) electrons. The molecule has 1 aliphatic rings. The highest BCUT2D eigenvalue weighted by molar-refractivity contribution is 8.26. The van der Waals surface area contributed by atoms with Crippen LogP contribution >= 0.6 is 24.0 Å². The minimum absolute atomic E-state index is 0.180. The molecule has 7 nitrogen and oxygen atoms in total. The SMILES string of the molecule is NC(=O)COc1ccccc1C=C1SC(=S)N(CC(=O)O)C1=O. The van der Waals surface area contributed by atoms with Crippen LogP contribution in [0.25, 0.3) is 6.08 Å². The molecule has 0 unspecified atom stereocenters. The lowest BCUT2D eigenvalue weighted by atomic mass is 10.2. The molecule has 0 spiro atoms. The number of carbonyl (C=O) groups excluding carboxylic acids is 2. The highest BCUT2D eigenvalue weighted by Gasteiger charge is 2.33. The first-order valence-corrected chi connectivity index (χ1v) is 7.58. The molecule has 3 N–H and O–H groups in total. The van der Waals surface area contributed by atoms with Gasteiger partial charge in [0.15, 0.2) is 6.61 Å². The number of benzene rings is 1. The number of ether oxygens (including phenoxy) is 1. The number of aliphatic carboxylic acids is 1. The summed E-state index contributed by atoms with van der Waals surface area (Å²) in [6, 6.07) is 6.77. The maximum atomic E-state index is 12.2. The van der Waals surface area contributed by atoms with Crippen molar-refractivity contribution in [3.63, 3.8) is 0 Å². The third-order valence-corrected chi connectivity index (χ3v) is 4.12. The summed E-state index contributed by atoms with van der Waals surface area (Å²) < 4.78 is 5.46. The number of nitrogens with two attached hydrogens (primary N) is 1. The van der Waals surface area contributed by atoms with E-state index >= 15 is 0 Å². The number of primary amides is 1. The second-order valence-electron chi connectivity index (χ2n) is 4.45. The number of amides is 2. The summed E-state index contributed by atoms with van der Waals surface area (Å²) in [5.74, 6) is -1.86. The molecular weight excluding hydrogens is 340 g/mol. The molecule has 1 fully saturated rings. The van der Waals surface area contributed by atoms with Crippen molar-refractivity contribution in [1.82, 2.24) is 4.90 Å². The zero-order chi connectivity index (χ0) is 17.0. The topological polar surface area (TPSA) is 110 Å². The summed E-state index contributed by atoms with van der Waals surface area (Å²) in [5, 5.41) is 8.81. The maximum Gasteiger partial charge on any atom is 0.323 e. The standard InChI is InChI=1S/C14H12N2O5S2/c15-11(17)7-21-9-4-2-1-3-8(9)5-10-13(20)16(6-12(18)19)14(22)23-10/h1-5H,6-7H2,(H2,15,17)(H,18,19). The molecule has 1 saturated heterocycles. The summed E-state index contributed by atoms with van der Waals surface area (Å²) in [6.07, 6.45) is 1.54. The summed E-state index contributed by atoms with van der Waals surface area (Å²) in [7, 11) is 0. The van der Waals surface area contributed by atoms with Gasteiger partial charge in [0.25, 0.3) is 11.8 Å². The molecule has 23 heavy (non-hydrogen) atoms. The summed E-state index contributed by atoms with van der Waals surface area (Å²) in [6.45, 7) is -0.771. The molecule has 9 heteroatoms. The van der Waals surface area contributed by atoms with Crippen LogP contribution in [0, 0.1) is 0 Å². The van der Waals surface area contributed by atoms with Gasteiger partial charge in [0.2, 0.25) is 0 Å². The van der Waals surface area contributed by atoms with Gasteiger partial charge in [-0.1, -0.05) is 42.2 Å². The summed E-state index contributed by atoms with van der Waals surface area (Å²) >= 11 is 6.03. The Balaban J connectivity index is 2.25. The van der Waals surface area contributed by atoms with Crippen molar-refractivity contribution < 1.29 is 24.2 Å². The Bertz CT molecular complexity index is 717. The van der Waals surface area contributed by atoms with E-state index in [9.17, 15) is 14.4 Å². The molecule has 1 aromatic carbocycles. The lowest BCUT2D eigenvalue weighted by Crippen LogP contribution is -2.33. The van der Waals surface area contributed by atoms with Gasteiger partial charge in [-0.25, -0.2) is 0 Å². The molecule has 120 valence electrons. The number of thioether (sulfide) groups is 1. The molecule has 0 aliphatic carbocycles. The molecule has 0 bridgehead atoms. The number of carboxylic acids is 1. The van der Waals surface area contributed by atoms with Crippen molar-refractivity contribution >= 4 is 52.2 Å². The van der Waals surface area contributed by atoms with Crippen molar-refractivity contribution in [2.24, 2.45) is 5.73 Å². The Kier molecular flexibility index (Phi) is 5.35. The van der Waals surface area contributed by atoms with Gasteiger partial charge in [-0.05, 0) is 12.1 Å². The van der Waals surface area contributed by atoms with Crippen molar-refractivity contribution in [3.05, 3.63) is 34.7 Å². The van der Waals surface area contributed by atoms with Crippen LogP contribution in [0.1, 0.15) is 5.56 Å². The summed E-state index contributed by atoms with van der Waals surface area (Å²) in [5.41, 5.74) is 5.60.